The summed E-state index contributed by atoms with van der Waals surface area (Å²) in [5.74, 6) is 1.21. The van der Waals surface area contributed by atoms with Crippen molar-refractivity contribution in [3.8, 4) is 0 Å². The molecule has 1 rings (SSSR count). The highest BCUT2D eigenvalue weighted by Crippen LogP contribution is 2.27. The Hall–Kier alpha value is -0.0800. The van der Waals surface area contributed by atoms with Crippen LogP contribution in [0, 0.1) is 11.8 Å². The van der Waals surface area contributed by atoms with E-state index in [1.54, 1.807) is 0 Å². The third-order valence-electron chi connectivity index (χ3n) is 2.30. The Bertz CT molecular complexity index is 101. The van der Waals surface area contributed by atoms with Gasteiger partial charge in [0.15, 0.2) is 0 Å². The van der Waals surface area contributed by atoms with Gasteiger partial charge in [-0.3, -0.25) is 0 Å². The van der Waals surface area contributed by atoms with Gasteiger partial charge in [-0.05, 0) is 18.3 Å². The lowest BCUT2D eigenvalue weighted by atomic mass is 9.90. The van der Waals surface area contributed by atoms with Gasteiger partial charge in [0.05, 0.1) is 12.7 Å². The fourth-order valence-electron chi connectivity index (χ4n) is 1.62. The van der Waals surface area contributed by atoms with Crippen LogP contribution in [0.5, 0.6) is 0 Å². The second-order valence-electron chi connectivity index (χ2n) is 3.29. The standard InChI is InChI=1S/C8H16O2/c1-6(2)7-3-4-10-8(7)5-9/h6-9H,3-5H2,1-2H3. The van der Waals surface area contributed by atoms with Crippen LogP contribution in [0.3, 0.4) is 0 Å². The highest BCUT2D eigenvalue weighted by Gasteiger charge is 2.29. The van der Waals surface area contributed by atoms with Crippen molar-refractivity contribution in [2.24, 2.45) is 11.8 Å². The predicted octanol–water partition coefficient (Wildman–Crippen LogP) is 1.04. The van der Waals surface area contributed by atoms with Gasteiger partial charge < -0.3 is 9.84 Å². The number of rotatable bonds is 2. The Labute approximate surface area is 62.2 Å². The maximum atomic E-state index is 8.86. The number of aliphatic hydroxyl groups is 1. The molecule has 1 N–H and O–H groups in total. The summed E-state index contributed by atoms with van der Waals surface area (Å²) in [4.78, 5) is 0. The molecule has 0 aromatic heterocycles. The molecule has 1 aliphatic rings. The van der Waals surface area contributed by atoms with Gasteiger partial charge in [-0.2, -0.15) is 0 Å². The quantitative estimate of drug-likeness (QED) is 0.627. The van der Waals surface area contributed by atoms with Crippen LogP contribution in [-0.4, -0.2) is 24.4 Å². The molecular weight excluding hydrogens is 128 g/mol. The molecule has 0 aliphatic carbocycles. The molecule has 0 amide bonds. The maximum absolute atomic E-state index is 8.86. The van der Waals surface area contributed by atoms with Crippen LogP contribution in [0.4, 0.5) is 0 Å². The summed E-state index contributed by atoms with van der Waals surface area (Å²) in [5, 5.41) is 8.86. The SMILES string of the molecule is CC(C)C1CCOC1CO. The van der Waals surface area contributed by atoms with Crippen molar-refractivity contribution in [1.82, 2.24) is 0 Å². The first kappa shape index (κ1) is 8.02. The van der Waals surface area contributed by atoms with Crippen LogP contribution in [0.2, 0.25) is 0 Å². The predicted molar refractivity (Wildman–Crippen MR) is 39.8 cm³/mol. The molecule has 1 aliphatic heterocycles. The van der Waals surface area contributed by atoms with Gasteiger partial charge in [0, 0.05) is 6.61 Å². The molecule has 0 saturated carbocycles. The Kier molecular flexibility index (Phi) is 2.69. The average Bonchev–Trinajstić information content (AvgIpc) is 2.33. The van der Waals surface area contributed by atoms with Gasteiger partial charge >= 0.3 is 0 Å². The zero-order valence-electron chi connectivity index (χ0n) is 6.71. The molecule has 2 unspecified atom stereocenters. The Morgan fingerprint density at radius 2 is 2.30 bits per heavy atom. The van der Waals surface area contributed by atoms with E-state index in [4.69, 9.17) is 9.84 Å². The Morgan fingerprint density at radius 3 is 2.70 bits per heavy atom. The molecule has 2 heteroatoms. The van der Waals surface area contributed by atoms with E-state index in [0.29, 0.717) is 11.8 Å². The molecule has 2 nitrogen and oxygen atoms in total. The summed E-state index contributed by atoms with van der Waals surface area (Å²) in [6, 6.07) is 0. The minimum absolute atomic E-state index is 0.111. The normalized spacial score (nSPS) is 33.6. The second kappa shape index (κ2) is 3.35. The molecule has 60 valence electrons. The molecule has 0 aromatic carbocycles. The third-order valence-corrected chi connectivity index (χ3v) is 2.30. The molecule has 2 atom stereocenters. The van der Waals surface area contributed by atoms with Crippen molar-refractivity contribution in [1.29, 1.82) is 0 Å². The first-order valence-electron chi connectivity index (χ1n) is 3.98. The smallest absolute Gasteiger partial charge is 0.0837 e. The van der Waals surface area contributed by atoms with Gasteiger partial charge in [-0.15, -0.1) is 0 Å². The van der Waals surface area contributed by atoms with Crippen LogP contribution in [0.25, 0.3) is 0 Å². The Morgan fingerprint density at radius 1 is 1.60 bits per heavy atom. The lowest BCUT2D eigenvalue weighted by Crippen LogP contribution is -2.24. The largest absolute Gasteiger partial charge is 0.394 e. The van der Waals surface area contributed by atoms with Gasteiger partial charge in [-0.1, -0.05) is 13.8 Å². The summed E-state index contributed by atoms with van der Waals surface area (Å²) in [6.45, 7) is 5.38. The molecule has 0 aromatic rings. The van der Waals surface area contributed by atoms with Gasteiger partial charge in [-0.25, -0.2) is 0 Å². The third kappa shape index (κ3) is 1.50. The van der Waals surface area contributed by atoms with E-state index in [2.05, 4.69) is 13.8 Å². The number of ether oxygens (including phenoxy) is 1. The second-order valence-corrected chi connectivity index (χ2v) is 3.29. The topological polar surface area (TPSA) is 29.5 Å². The van der Waals surface area contributed by atoms with E-state index in [0.717, 1.165) is 13.0 Å². The highest BCUT2D eigenvalue weighted by atomic mass is 16.5. The van der Waals surface area contributed by atoms with E-state index in [1.807, 2.05) is 0 Å². The molecular formula is C8H16O2. The van der Waals surface area contributed by atoms with Crippen LogP contribution < -0.4 is 0 Å². The fourth-order valence-corrected chi connectivity index (χ4v) is 1.62. The molecule has 1 saturated heterocycles. The summed E-state index contributed by atoms with van der Waals surface area (Å²) in [5.41, 5.74) is 0. The van der Waals surface area contributed by atoms with Crippen molar-refractivity contribution in [2.45, 2.75) is 26.4 Å². The van der Waals surface area contributed by atoms with Crippen molar-refractivity contribution >= 4 is 0 Å². The molecule has 1 heterocycles. The van der Waals surface area contributed by atoms with E-state index >= 15 is 0 Å². The minimum atomic E-state index is 0.111. The molecule has 0 spiro atoms. The van der Waals surface area contributed by atoms with Crippen molar-refractivity contribution < 1.29 is 9.84 Å². The number of aliphatic hydroxyl groups excluding tert-OH is 1. The van der Waals surface area contributed by atoms with Gasteiger partial charge in [0.2, 0.25) is 0 Å². The monoisotopic (exact) mass is 144 g/mol. The zero-order chi connectivity index (χ0) is 7.56. The van der Waals surface area contributed by atoms with Crippen LogP contribution in [-0.2, 0) is 4.74 Å². The summed E-state index contributed by atoms with van der Waals surface area (Å²) >= 11 is 0. The highest BCUT2D eigenvalue weighted by molar-refractivity contribution is 4.77. The maximum Gasteiger partial charge on any atom is 0.0837 e. The lowest BCUT2D eigenvalue weighted by Gasteiger charge is -2.19. The fraction of sp³-hybridized carbons (Fsp3) is 1.00. The zero-order valence-corrected chi connectivity index (χ0v) is 6.71. The molecule has 0 radical (unpaired) electrons. The summed E-state index contributed by atoms with van der Waals surface area (Å²) in [7, 11) is 0. The molecule has 10 heavy (non-hydrogen) atoms. The van der Waals surface area contributed by atoms with Gasteiger partial charge in [0.25, 0.3) is 0 Å². The van der Waals surface area contributed by atoms with Crippen molar-refractivity contribution in [2.75, 3.05) is 13.2 Å². The summed E-state index contributed by atoms with van der Waals surface area (Å²) < 4.78 is 5.33. The lowest BCUT2D eigenvalue weighted by molar-refractivity contribution is 0.0307. The molecule has 0 bridgehead atoms. The average molecular weight is 144 g/mol. The first-order valence-corrected chi connectivity index (χ1v) is 3.98. The minimum Gasteiger partial charge on any atom is -0.394 e. The van der Waals surface area contributed by atoms with E-state index in [9.17, 15) is 0 Å². The van der Waals surface area contributed by atoms with Crippen LogP contribution in [0.1, 0.15) is 20.3 Å². The van der Waals surface area contributed by atoms with E-state index < -0.39 is 0 Å². The van der Waals surface area contributed by atoms with Crippen LogP contribution >= 0.6 is 0 Å². The Balaban J connectivity index is 2.42. The van der Waals surface area contributed by atoms with E-state index in [1.165, 1.54) is 0 Å². The summed E-state index contributed by atoms with van der Waals surface area (Å²) in [6.07, 6.45) is 1.23. The van der Waals surface area contributed by atoms with E-state index in [-0.39, 0.29) is 12.7 Å². The van der Waals surface area contributed by atoms with Crippen molar-refractivity contribution in [3.05, 3.63) is 0 Å². The first-order chi connectivity index (χ1) is 4.75. The van der Waals surface area contributed by atoms with Crippen molar-refractivity contribution in [3.63, 3.8) is 0 Å². The van der Waals surface area contributed by atoms with Crippen LogP contribution in [0.15, 0.2) is 0 Å². The number of hydrogen-bond donors (Lipinski definition) is 1. The number of hydrogen-bond acceptors (Lipinski definition) is 2. The molecule has 1 fully saturated rings. The van der Waals surface area contributed by atoms with Gasteiger partial charge in [0.1, 0.15) is 0 Å².